The van der Waals surface area contributed by atoms with Crippen molar-refractivity contribution < 1.29 is 4.79 Å². The van der Waals surface area contributed by atoms with Crippen molar-refractivity contribution in [2.24, 2.45) is 0 Å². The first-order chi connectivity index (χ1) is 6.20. The highest BCUT2D eigenvalue weighted by atomic mass is 16.2. The zero-order valence-electron chi connectivity index (χ0n) is 8.16. The molecular weight excluding hydrogens is 166 g/mol. The summed E-state index contributed by atoms with van der Waals surface area (Å²) in [5, 5.41) is 8.57. The van der Waals surface area contributed by atoms with Crippen LogP contribution >= 0.6 is 0 Å². The lowest BCUT2D eigenvalue weighted by atomic mass is 10.1. The van der Waals surface area contributed by atoms with Gasteiger partial charge in [-0.3, -0.25) is 9.69 Å². The molecule has 0 spiro atoms. The van der Waals surface area contributed by atoms with Crippen molar-refractivity contribution in [1.29, 1.82) is 5.26 Å². The maximum atomic E-state index is 11.7. The standard InChI is InChI=1S/C9H15N3O/c1-3-12-7-6-11(2)8(4-5-10)9(12)13/h8H,3-4,6-7H2,1-2H3. The predicted molar refractivity (Wildman–Crippen MR) is 48.9 cm³/mol. The van der Waals surface area contributed by atoms with Crippen LogP contribution in [0.4, 0.5) is 0 Å². The number of carbonyl (C=O) groups is 1. The third-order valence-electron chi connectivity index (χ3n) is 2.52. The van der Waals surface area contributed by atoms with E-state index in [0.29, 0.717) is 6.42 Å². The van der Waals surface area contributed by atoms with Gasteiger partial charge in [0.25, 0.3) is 0 Å². The highest BCUT2D eigenvalue weighted by molar-refractivity contribution is 5.82. The van der Waals surface area contributed by atoms with E-state index in [1.807, 2.05) is 23.8 Å². The smallest absolute Gasteiger partial charge is 0.241 e. The molecule has 72 valence electrons. The van der Waals surface area contributed by atoms with Gasteiger partial charge < -0.3 is 4.90 Å². The molecule has 0 aromatic heterocycles. The summed E-state index contributed by atoms with van der Waals surface area (Å²) in [5.74, 6) is 0.0952. The fourth-order valence-corrected chi connectivity index (χ4v) is 1.59. The van der Waals surface area contributed by atoms with Crippen LogP contribution in [-0.2, 0) is 4.79 Å². The second-order valence-corrected chi connectivity index (χ2v) is 3.28. The molecule has 1 fully saturated rings. The van der Waals surface area contributed by atoms with Crippen LogP contribution in [-0.4, -0.2) is 48.4 Å². The molecule has 0 bridgehead atoms. The van der Waals surface area contributed by atoms with Gasteiger partial charge in [0.15, 0.2) is 0 Å². The molecule has 0 aliphatic carbocycles. The quantitative estimate of drug-likeness (QED) is 0.605. The lowest BCUT2D eigenvalue weighted by molar-refractivity contribution is -0.140. The van der Waals surface area contributed by atoms with Gasteiger partial charge in [-0.25, -0.2) is 0 Å². The third-order valence-corrected chi connectivity index (χ3v) is 2.52. The number of amides is 1. The van der Waals surface area contributed by atoms with Gasteiger partial charge in [-0.1, -0.05) is 0 Å². The van der Waals surface area contributed by atoms with Crippen LogP contribution in [0.5, 0.6) is 0 Å². The molecule has 0 aromatic carbocycles. The SMILES string of the molecule is CCN1CCN(C)C(CC#N)C1=O. The van der Waals surface area contributed by atoms with Crippen LogP contribution in [0.3, 0.4) is 0 Å². The van der Waals surface area contributed by atoms with Crippen LogP contribution in [0.25, 0.3) is 0 Å². The van der Waals surface area contributed by atoms with Gasteiger partial charge >= 0.3 is 0 Å². The van der Waals surface area contributed by atoms with Gasteiger partial charge in [0.2, 0.25) is 5.91 Å². The molecule has 1 heterocycles. The maximum Gasteiger partial charge on any atom is 0.241 e. The summed E-state index contributed by atoms with van der Waals surface area (Å²) in [4.78, 5) is 15.5. The van der Waals surface area contributed by atoms with E-state index in [0.717, 1.165) is 19.6 Å². The first-order valence-corrected chi connectivity index (χ1v) is 4.56. The van der Waals surface area contributed by atoms with Crippen LogP contribution in [0.2, 0.25) is 0 Å². The lowest BCUT2D eigenvalue weighted by Gasteiger charge is -2.37. The zero-order valence-corrected chi connectivity index (χ0v) is 8.16. The molecule has 1 atom stereocenters. The molecule has 4 heteroatoms. The van der Waals surface area contributed by atoms with Gasteiger partial charge in [-0.2, -0.15) is 5.26 Å². The number of likely N-dealkylation sites (N-methyl/N-ethyl adjacent to an activating group) is 2. The molecule has 0 aromatic rings. The van der Waals surface area contributed by atoms with Gasteiger partial charge in [0, 0.05) is 19.6 Å². The monoisotopic (exact) mass is 181 g/mol. The Kier molecular flexibility index (Phi) is 3.26. The topological polar surface area (TPSA) is 47.3 Å². The largest absolute Gasteiger partial charge is 0.340 e. The number of nitrogens with zero attached hydrogens (tertiary/aromatic N) is 3. The van der Waals surface area contributed by atoms with E-state index in [-0.39, 0.29) is 11.9 Å². The summed E-state index contributed by atoms with van der Waals surface area (Å²) in [6.07, 6.45) is 0.297. The van der Waals surface area contributed by atoms with E-state index >= 15 is 0 Å². The second-order valence-electron chi connectivity index (χ2n) is 3.28. The van der Waals surface area contributed by atoms with Crippen molar-refractivity contribution in [3.8, 4) is 6.07 Å². The predicted octanol–water partition coefficient (Wildman–Crippen LogP) is 0.0626. The molecule has 1 saturated heterocycles. The van der Waals surface area contributed by atoms with E-state index in [1.54, 1.807) is 0 Å². The lowest BCUT2D eigenvalue weighted by Crippen LogP contribution is -2.55. The Bertz CT molecular complexity index is 234. The number of piperazine rings is 1. The summed E-state index contributed by atoms with van der Waals surface area (Å²) in [6, 6.07) is 1.83. The Morgan fingerprint density at radius 1 is 1.62 bits per heavy atom. The number of nitriles is 1. The Morgan fingerprint density at radius 3 is 2.85 bits per heavy atom. The summed E-state index contributed by atoms with van der Waals surface area (Å²) >= 11 is 0. The van der Waals surface area contributed by atoms with Crippen molar-refractivity contribution in [3.05, 3.63) is 0 Å². The first kappa shape index (κ1) is 10.0. The molecule has 13 heavy (non-hydrogen) atoms. The Morgan fingerprint density at radius 2 is 2.31 bits per heavy atom. The van der Waals surface area contributed by atoms with Gasteiger partial charge in [0.1, 0.15) is 6.04 Å². The number of hydrogen-bond acceptors (Lipinski definition) is 3. The molecule has 1 amide bonds. The van der Waals surface area contributed by atoms with Gasteiger partial charge in [-0.05, 0) is 14.0 Å². The van der Waals surface area contributed by atoms with E-state index in [9.17, 15) is 4.79 Å². The average Bonchev–Trinajstić information content (AvgIpc) is 2.12. The fourth-order valence-electron chi connectivity index (χ4n) is 1.59. The molecule has 0 N–H and O–H groups in total. The Hall–Kier alpha value is -1.08. The third kappa shape index (κ3) is 1.99. The van der Waals surface area contributed by atoms with Crippen molar-refractivity contribution in [2.45, 2.75) is 19.4 Å². The maximum absolute atomic E-state index is 11.7. The normalized spacial score (nSPS) is 24.5. The van der Waals surface area contributed by atoms with Crippen LogP contribution in [0.15, 0.2) is 0 Å². The molecule has 0 radical (unpaired) electrons. The number of rotatable bonds is 2. The molecule has 0 saturated carbocycles. The van der Waals surface area contributed by atoms with Crippen LogP contribution in [0, 0.1) is 11.3 Å². The van der Waals surface area contributed by atoms with E-state index < -0.39 is 0 Å². The minimum Gasteiger partial charge on any atom is -0.340 e. The van der Waals surface area contributed by atoms with Crippen molar-refractivity contribution in [1.82, 2.24) is 9.80 Å². The zero-order chi connectivity index (χ0) is 9.84. The average molecular weight is 181 g/mol. The van der Waals surface area contributed by atoms with E-state index in [4.69, 9.17) is 5.26 Å². The molecule has 1 aliphatic heterocycles. The van der Waals surface area contributed by atoms with E-state index in [1.165, 1.54) is 0 Å². The molecule has 1 unspecified atom stereocenters. The summed E-state index contributed by atoms with van der Waals surface area (Å²) in [7, 11) is 1.90. The van der Waals surface area contributed by atoms with Gasteiger partial charge in [-0.15, -0.1) is 0 Å². The van der Waals surface area contributed by atoms with Crippen molar-refractivity contribution in [2.75, 3.05) is 26.7 Å². The minimum atomic E-state index is -0.223. The fraction of sp³-hybridized carbons (Fsp3) is 0.778. The van der Waals surface area contributed by atoms with Crippen LogP contribution < -0.4 is 0 Å². The highest BCUT2D eigenvalue weighted by Crippen LogP contribution is 2.11. The first-order valence-electron chi connectivity index (χ1n) is 4.56. The van der Waals surface area contributed by atoms with Crippen molar-refractivity contribution in [3.63, 3.8) is 0 Å². The minimum absolute atomic E-state index is 0.0952. The highest BCUT2D eigenvalue weighted by Gasteiger charge is 2.31. The Labute approximate surface area is 78.7 Å². The second kappa shape index (κ2) is 4.24. The van der Waals surface area contributed by atoms with Crippen molar-refractivity contribution >= 4 is 5.91 Å². The Balaban J connectivity index is 2.67. The van der Waals surface area contributed by atoms with E-state index in [2.05, 4.69) is 6.07 Å². The summed E-state index contributed by atoms with van der Waals surface area (Å²) in [5.41, 5.74) is 0. The number of hydrogen-bond donors (Lipinski definition) is 0. The molecule has 1 rings (SSSR count). The molecular formula is C9H15N3O. The summed E-state index contributed by atoms with van der Waals surface area (Å²) in [6.45, 7) is 4.36. The molecule has 1 aliphatic rings. The van der Waals surface area contributed by atoms with Crippen LogP contribution in [0.1, 0.15) is 13.3 Å². The summed E-state index contributed by atoms with van der Waals surface area (Å²) < 4.78 is 0. The number of carbonyl (C=O) groups excluding carboxylic acids is 1. The molecule has 4 nitrogen and oxygen atoms in total. The van der Waals surface area contributed by atoms with Gasteiger partial charge in [0.05, 0.1) is 12.5 Å².